The summed E-state index contributed by atoms with van der Waals surface area (Å²) in [5.41, 5.74) is 7.18. The highest BCUT2D eigenvalue weighted by molar-refractivity contribution is 7.98. The van der Waals surface area contributed by atoms with Gasteiger partial charge in [-0.1, -0.05) is 17.7 Å². The highest BCUT2D eigenvalue weighted by atomic mass is 35.5. The first-order valence-electron chi connectivity index (χ1n) is 5.61. The zero-order valence-corrected chi connectivity index (χ0v) is 11.9. The topological polar surface area (TPSA) is 55.1 Å². The van der Waals surface area contributed by atoms with Gasteiger partial charge in [0.25, 0.3) is 5.91 Å². The molecule has 2 aromatic carbocycles. The molecule has 3 nitrogen and oxygen atoms in total. The normalized spacial score (nSPS) is 10.2. The van der Waals surface area contributed by atoms with Crippen molar-refractivity contribution >= 4 is 40.6 Å². The van der Waals surface area contributed by atoms with E-state index in [4.69, 9.17) is 17.3 Å². The van der Waals surface area contributed by atoms with E-state index in [1.54, 1.807) is 30.0 Å². The molecule has 0 unspecified atom stereocenters. The molecule has 0 aliphatic heterocycles. The number of carbonyl (C=O) groups is 1. The van der Waals surface area contributed by atoms with Gasteiger partial charge in [0, 0.05) is 10.6 Å². The van der Waals surface area contributed by atoms with E-state index >= 15 is 0 Å². The number of rotatable bonds is 3. The molecule has 2 aromatic rings. The Morgan fingerprint density at radius 1 is 1.21 bits per heavy atom. The number of benzene rings is 2. The van der Waals surface area contributed by atoms with Crippen molar-refractivity contribution in [3.8, 4) is 0 Å². The van der Waals surface area contributed by atoms with Crippen LogP contribution in [0.3, 0.4) is 0 Å². The minimum absolute atomic E-state index is 0.267. The number of halogens is 1. The highest BCUT2D eigenvalue weighted by Crippen LogP contribution is 2.24. The fourth-order valence-corrected chi connectivity index (χ4v) is 2.19. The summed E-state index contributed by atoms with van der Waals surface area (Å²) < 4.78 is 0. The van der Waals surface area contributed by atoms with Crippen LogP contribution in [0.2, 0.25) is 5.02 Å². The van der Waals surface area contributed by atoms with Crippen LogP contribution in [0.25, 0.3) is 0 Å². The van der Waals surface area contributed by atoms with Crippen molar-refractivity contribution in [3.05, 3.63) is 53.1 Å². The average Bonchev–Trinajstić information content (AvgIpc) is 2.42. The SMILES string of the molecule is CSc1ccc(NC(=O)c2cccc(Cl)c2N)cc1. The molecule has 19 heavy (non-hydrogen) atoms. The lowest BCUT2D eigenvalue weighted by Gasteiger charge is -2.08. The van der Waals surface area contributed by atoms with Crippen molar-refractivity contribution in [1.29, 1.82) is 0 Å². The number of hydrogen-bond donors (Lipinski definition) is 2. The molecule has 2 rings (SSSR count). The van der Waals surface area contributed by atoms with Crippen LogP contribution in [0.4, 0.5) is 11.4 Å². The minimum Gasteiger partial charge on any atom is -0.397 e. The Balaban J connectivity index is 2.18. The van der Waals surface area contributed by atoms with Crippen molar-refractivity contribution in [2.45, 2.75) is 4.90 Å². The molecule has 0 saturated heterocycles. The van der Waals surface area contributed by atoms with Crippen LogP contribution >= 0.6 is 23.4 Å². The summed E-state index contributed by atoms with van der Waals surface area (Å²) in [7, 11) is 0. The van der Waals surface area contributed by atoms with E-state index in [0.717, 1.165) is 10.6 Å². The summed E-state index contributed by atoms with van der Waals surface area (Å²) in [6.07, 6.45) is 2.00. The Morgan fingerprint density at radius 2 is 1.89 bits per heavy atom. The quantitative estimate of drug-likeness (QED) is 0.666. The summed E-state index contributed by atoms with van der Waals surface area (Å²) in [6, 6.07) is 12.6. The van der Waals surface area contributed by atoms with Gasteiger partial charge < -0.3 is 11.1 Å². The summed E-state index contributed by atoms with van der Waals surface area (Å²) >= 11 is 7.54. The van der Waals surface area contributed by atoms with Gasteiger partial charge in [-0.15, -0.1) is 11.8 Å². The minimum atomic E-state index is -0.267. The monoisotopic (exact) mass is 292 g/mol. The maximum absolute atomic E-state index is 12.1. The van der Waals surface area contributed by atoms with Crippen LogP contribution in [-0.4, -0.2) is 12.2 Å². The molecule has 0 fully saturated rings. The molecule has 0 bridgehead atoms. The maximum atomic E-state index is 12.1. The predicted molar refractivity (Wildman–Crippen MR) is 82.0 cm³/mol. The first kappa shape index (κ1) is 13.8. The average molecular weight is 293 g/mol. The van der Waals surface area contributed by atoms with Gasteiger partial charge in [0.05, 0.1) is 16.3 Å². The smallest absolute Gasteiger partial charge is 0.257 e. The molecule has 0 spiro atoms. The van der Waals surface area contributed by atoms with Crippen LogP contribution in [-0.2, 0) is 0 Å². The van der Waals surface area contributed by atoms with Crippen LogP contribution in [0.1, 0.15) is 10.4 Å². The van der Waals surface area contributed by atoms with E-state index in [9.17, 15) is 4.79 Å². The Hall–Kier alpha value is -1.65. The highest BCUT2D eigenvalue weighted by Gasteiger charge is 2.11. The van der Waals surface area contributed by atoms with E-state index in [-0.39, 0.29) is 5.91 Å². The Morgan fingerprint density at radius 3 is 2.53 bits per heavy atom. The lowest BCUT2D eigenvalue weighted by atomic mass is 10.1. The third-order valence-corrected chi connectivity index (χ3v) is 3.72. The molecule has 98 valence electrons. The second kappa shape index (κ2) is 5.99. The first-order chi connectivity index (χ1) is 9.11. The fraction of sp³-hybridized carbons (Fsp3) is 0.0714. The lowest BCUT2D eigenvalue weighted by Crippen LogP contribution is -2.14. The lowest BCUT2D eigenvalue weighted by molar-refractivity contribution is 0.102. The third kappa shape index (κ3) is 3.22. The summed E-state index contributed by atoms with van der Waals surface area (Å²) in [4.78, 5) is 13.2. The molecule has 0 aromatic heterocycles. The number of amides is 1. The number of nitrogen functional groups attached to an aromatic ring is 1. The summed E-state index contributed by atoms with van der Waals surface area (Å²) in [6.45, 7) is 0. The van der Waals surface area contributed by atoms with Crippen molar-refractivity contribution in [3.63, 3.8) is 0 Å². The third-order valence-electron chi connectivity index (χ3n) is 2.65. The van der Waals surface area contributed by atoms with E-state index in [1.807, 2.05) is 30.5 Å². The molecular weight excluding hydrogens is 280 g/mol. The molecule has 3 N–H and O–H groups in total. The van der Waals surface area contributed by atoms with Crippen molar-refractivity contribution in [2.24, 2.45) is 0 Å². The van der Waals surface area contributed by atoms with Crippen LogP contribution in [0, 0.1) is 0 Å². The summed E-state index contributed by atoms with van der Waals surface area (Å²) in [5.74, 6) is -0.267. The number of hydrogen-bond acceptors (Lipinski definition) is 3. The molecule has 1 amide bonds. The van der Waals surface area contributed by atoms with Gasteiger partial charge in [0.2, 0.25) is 0 Å². The fourth-order valence-electron chi connectivity index (χ4n) is 1.61. The molecule has 0 radical (unpaired) electrons. The molecule has 0 saturated carbocycles. The van der Waals surface area contributed by atoms with E-state index in [2.05, 4.69) is 5.32 Å². The standard InChI is InChI=1S/C14H13ClN2OS/c1-19-10-7-5-9(6-8-10)17-14(18)11-3-2-4-12(15)13(11)16/h2-8H,16H2,1H3,(H,17,18). The number of nitrogens with two attached hydrogens (primary N) is 1. The van der Waals surface area contributed by atoms with Gasteiger partial charge in [-0.2, -0.15) is 0 Å². The number of thioether (sulfide) groups is 1. The molecule has 0 heterocycles. The van der Waals surface area contributed by atoms with Gasteiger partial charge in [0.15, 0.2) is 0 Å². The number of para-hydroxylation sites is 1. The van der Waals surface area contributed by atoms with Gasteiger partial charge >= 0.3 is 0 Å². The van der Waals surface area contributed by atoms with Crippen molar-refractivity contribution < 1.29 is 4.79 Å². The number of nitrogens with one attached hydrogen (secondary N) is 1. The first-order valence-corrected chi connectivity index (χ1v) is 7.21. The molecule has 0 aliphatic carbocycles. The zero-order valence-electron chi connectivity index (χ0n) is 10.3. The van der Waals surface area contributed by atoms with Crippen molar-refractivity contribution in [2.75, 3.05) is 17.3 Å². The Kier molecular flexibility index (Phi) is 4.35. The largest absolute Gasteiger partial charge is 0.397 e. The number of carbonyl (C=O) groups excluding carboxylic acids is 1. The van der Waals surface area contributed by atoms with Gasteiger partial charge in [-0.05, 0) is 42.7 Å². The molecule has 0 aliphatic rings. The van der Waals surface area contributed by atoms with E-state index in [0.29, 0.717) is 16.3 Å². The second-order valence-electron chi connectivity index (χ2n) is 3.88. The molecular formula is C14H13ClN2OS. The maximum Gasteiger partial charge on any atom is 0.257 e. The van der Waals surface area contributed by atoms with Gasteiger partial charge in [-0.25, -0.2) is 0 Å². The van der Waals surface area contributed by atoms with Gasteiger partial charge in [-0.3, -0.25) is 4.79 Å². The van der Waals surface area contributed by atoms with Gasteiger partial charge in [0.1, 0.15) is 0 Å². The van der Waals surface area contributed by atoms with E-state index < -0.39 is 0 Å². The molecule has 0 atom stereocenters. The van der Waals surface area contributed by atoms with E-state index in [1.165, 1.54) is 0 Å². The zero-order chi connectivity index (χ0) is 13.8. The number of anilines is 2. The van der Waals surface area contributed by atoms with Crippen LogP contribution in [0.5, 0.6) is 0 Å². The van der Waals surface area contributed by atoms with Crippen LogP contribution < -0.4 is 11.1 Å². The Labute approximate surface area is 121 Å². The Bertz CT molecular complexity index is 599. The predicted octanol–water partition coefficient (Wildman–Crippen LogP) is 3.90. The van der Waals surface area contributed by atoms with Crippen molar-refractivity contribution in [1.82, 2.24) is 0 Å². The molecule has 5 heteroatoms. The second-order valence-corrected chi connectivity index (χ2v) is 5.17. The van der Waals surface area contributed by atoms with Crippen LogP contribution in [0.15, 0.2) is 47.4 Å². The summed E-state index contributed by atoms with van der Waals surface area (Å²) in [5, 5.41) is 3.17.